The third-order valence-corrected chi connectivity index (χ3v) is 2.69. The van der Waals surface area contributed by atoms with Gasteiger partial charge in [0.15, 0.2) is 0 Å². The molecule has 0 aliphatic rings. The molecule has 0 amide bonds. The maximum absolute atomic E-state index is 5.60. The number of nitrogens with zero attached hydrogens (tertiary/aromatic N) is 1. The van der Waals surface area contributed by atoms with Crippen LogP contribution in [0.15, 0.2) is 24.4 Å². The van der Waals surface area contributed by atoms with Gasteiger partial charge in [0.25, 0.3) is 0 Å². The van der Waals surface area contributed by atoms with Crippen molar-refractivity contribution in [2.75, 3.05) is 13.7 Å². The van der Waals surface area contributed by atoms with Gasteiger partial charge in [-0.05, 0) is 30.7 Å². The van der Waals surface area contributed by atoms with Crippen LogP contribution in [0.4, 0.5) is 0 Å². The van der Waals surface area contributed by atoms with Gasteiger partial charge in [-0.2, -0.15) is 0 Å². The Kier molecular flexibility index (Phi) is 2.64. The molecule has 1 aromatic heterocycles. The molecule has 0 bridgehead atoms. The van der Waals surface area contributed by atoms with Gasteiger partial charge >= 0.3 is 0 Å². The predicted molar refractivity (Wildman–Crippen MR) is 62.2 cm³/mol. The van der Waals surface area contributed by atoms with E-state index >= 15 is 0 Å². The lowest BCUT2D eigenvalue weighted by Gasteiger charge is -2.04. The number of methoxy groups -OCH3 is 1. The van der Waals surface area contributed by atoms with E-state index in [4.69, 9.17) is 10.5 Å². The molecule has 0 fully saturated rings. The van der Waals surface area contributed by atoms with Crippen molar-refractivity contribution in [1.82, 2.24) is 4.57 Å². The molecule has 1 heterocycles. The molecule has 0 saturated heterocycles. The number of ether oxygens (including phenoxy) is 1. The van der Waals surface area contributed by atoms with Crippen LogP contribution in [-0.4, -0.2) is 18.2 Å². The van der Waals surface area contributed by atoms with E-state index in [1.165, 1.54) is 16.5 Å². The van der Waals surface area contributed by atoms with Crippen LogP contribution in [-0.2, 0) is 13.5 Å². The molecule has 0 radical (unpaired) electrons. The molecule has 0 atom stereocenters. The highest BCUT2D eigenvalue weighted by atomic mass is 16.5. The second-order valence-corrected chi connectivity index (χ2v) is 3.66. The van der Waals surface area contributed by atoms with Gasteiger partial charge in [-0.3, -0.25) is 0 Å². The predicted octanol–water partition coefficient (Wildman–Crippen LogP) is 1.69. The average Bonchev–Trinajstić information content (AvgIpc) is 2.57. The van der Waals surface area contributed by atoms with Crippen LogP contribution in [0.1, 0.15) is 5.56 Å². The molecule has 2 aromatic rings. The van der Waals surface area contributed by atoms with Crippen molar-refractivity contribution >= 4 is 10.9 Å². The molecule has 2 rings (SSSR count). The first-order chi connectivity index (χ1) is 7.27. The Labute approximate surface area is 89.4 Å². The van der Waals surface area contributed by atoms with Crippen LogP contribution in [0.25, 0.3) is 10.9 Å². The first-order valence-electron chi connectivity index (χ1n) is 5.09. The molecule has 0 spiro atoms. The third-order valence-electron chi connectivity index (χ3n) is 2.69. The maximum Gasteiger partial charge on any atom is 0.128 e. The lowest BCUT2D eigenvalue weighted by Crippen LogP contribution is -2.02. The highest BCUT2D eigenvalue weighted by Crippen LogP contribution is 2.30. The van der Waals surface area contributed by atoms with Gasteiger partial charge in [0.05, 0.1) is 12.6 Å². The molecular formula is C12H16N2O. The first-order valence-corrected chi connectivity index (χ1v) is 5.09. The standard InChI is InChI=1S/C12H16N2O/c1-14-8-9(6-7-13)12-10(14)4-3-5-11(12)15-2/h3-5,8H,6-7,13H2,1-2H3. The SMILES string of the molecule is COc1cccc2c1c(CCN)cn2C. The van der Waals surface area contributed by atoms with Gasteiger partial charge in [-0.1, -0.05) is 6.07 Å². The van der Waals surface area contributed by atoms with Gasteiger partial charge in [0, 0.05) is 18.6 Å². The van der Waals surface area contributed by atoms with Crippen molar-refractivity contribution < 1.29 is 4.74 Å². The molecule has 3 nitrogen and oxygen atoms in total. The van der Waals surface area contributed by atoms with Crippen LogP contribution in [0, 0.1) is 0 Å². The zero-order valence-corrected chi connectivity index (χ0v) is 9.16. The van der Waals surface area contributed by atoms with Crippen molar-refractivity contribution in [2.45, 2.75) is 6.42 Å². The normalized spacial score (nSPS) is 10.9. The van der Waals surface area contributed by atoms with Crippen LogP contribution >= 0.6 is 0 Å². The summed E-state index contributed by atoms with van der Waals surface area (Å²) in [6.45, 7) is 0.664. The van der Waals surface area contributed by atoms with Gasteiger partial charge in [0.2, 0.25) is 0 Å². The Morgan fingerprint density at radius 2 is 2.20 bits per heavy atom. The number of hydrogen-bond donors (Lipinski definition) is 1. The highest BCUT2D eigenvalue weighted by Gasteiger charge is 2.10. The molecule has 0 unspecified atom stereocenters. The second kappa shape index (κ2) is 3.95. The van der Waals surface area contributed by atoms with E-state index in [1.807, 2.05) is 19.2 Å². The largest absolute Gasteiger partial charge is 0.496 e. The Morgan fingerprint density at radius 1 is 1.40 bits per heavy atom. The van der Waals surface area contributed by atoms with Crippen molar-refractivity contribution in [3.05, 3.63) is 30.0 Å². The number of fused-ring (bicyclic) bond motifs is 1. The van der Waals surface area contributed by atoms with E-state index < -0.39 is 0 Å². The fourth-order valence-electron chi connectivity index (χ4n) is 2.02. The molecule has 2 N–H and O–H groups in total. The second-order valence-electron chi connectivity index (χ2n) is 3.66. The van der Waals surface area contributed by atoms with E-state index in [-0.39, 0.29) is 0 Å². The lowest BCUT2D eigenvalue weighted by atomic mass is 10.1. The van der Waals surface area contributed by atoms with Crippen molar-refractivity contribution in [1.29, 1.82) is 0 Å². The molecular weight excluding hydrogens is 188 g/mol. The summed E-state index contributed by atoms with van der Waals surface area (Å²) in [5, 5.41) is 1.19. The summed E-state index contributed by atoms with van der Waals surface area (Å²) in [5.74, 6) is 0.927. The molecule has 0 saturated carbocycles. The van der Waals surface area contributed by atoms with Gasteiger partial charge in [-0.25, -0.2) is 0 Å². The smallest absolute Gasteiger partial charge is 0.128 e. The Morgan fingerprint density at radius 3 is 2.87 bits per heavy atom. The molecule has 15 heavy (non-hydrogen) atoms. The zero-order chi connectivity index (χ0) is 10.8. The average molecular weight is 204 g/mol. The van der Waals surface area contributed by atoms with E-state index in [1.54, 1.807) is 7.11 Å². The Balaban J connectivity index is 2.70. The molecule has 0 aliphatic carbocycles. The third kappa shape index (κ3) is 1.59. The highest BCUT2D eigenvalue weighted by molar-refractivity contribution is 5.90. The van der Waals surface area contributed by atoms with Crippen LogP contribution < -0.4 is 10.5 Å². The molecule has 1 aromatic carbocycles. The monoisotopic (exact) mass is 204 g/mol. The van der Waals surface area contributed by atoms with E-state index in [2.05, 4.69) is 16.8 Å². The lowest BCUT2D eigenvalue weighted by molar-refractivity contribution is 0.419. The summed E-state index contributed by atoms with van der Waals surface area (Å²) in [4.78, 5) is 0. The number of benzene rings is 1. The Hall–Kier alpha value is -1.48. The van der Waals surface area contributed by atoms with E-state index in [9.17, 15) is 0 Å². The van der Waals surface area contributed by atoms with Crippen LogP contribution in [0.3, 0.4) is 0 Å². The minimum atomic E-state index is 0.664. The Bertz CT molecular complexity index is 474. The summed E-state index contributed by atoms with van der Waals surface area (Å²) in [7, 11) is 3.75. The van der Waals surface area contributed by atoms with Crippen molar-refractivity contribution in [3.63, 3.8) is 0 Å². The van der Waals surface area contributed by atoms with Crippen molar-refractivity contribution in [2.24, 2.45) is 12.8 Å². The topological polar surface area (TPSA) is 40.2 Å². The van der Waals surface area contributed by atoms with Gasteiger partial charge < -0.3 is 15.0 Å². The minimum absolute atomic E-state index is 0.664. The number of hydrogen-bond acceptors (Lipinski definition) is 2. The summed E-state index contributed by atoms with van der Waals surface area (Å²) in [6, 6.07) is 6.09. The molecule has 0 aliphatic heterocycles. The summed E-state index contributed by atoms with van der Waals surface area (Å²) < 4.78 is 7.49. The summed E-state index contributed by atoms with van der Waals surface area (Å²) in [6.07, 6.45) is 3.01. The zero-order valence-electron chi connectivity index (χ0n) is 9.16. The summed E-state index contributed by atoms with van der Waals surface area (Å²) >= 11 is 0. The van der Waals surface area contributed by atoms with Crippen LogP contribution in [0.5, 0.6) is 5.75 Å². The van der Waals surface area contributed by atoms with E-state index in [0.717, 1.165) is 12.2 Å². The summed E-state index contributed by atoms with van der Waals surface area (Å²) in [5.41, 5.74) is 8.05. The number of rotatable bonds is 3. The number of nitrogens with two attached hydrogens (primary N) is 1. The van der Waals surface area contributed by atoms with Crippen LogP contribution in [0.2, 0.25) is 0 Å². The van der Waals surface area contributed by atoms with Gasteiger partial charge in [0.1, 0.15) is 5.75 Å². The van der Waals surface area contributed by atoms with Gasteiger partial charge in [-0.15, -0.1) is 0 Å². The maximum atomic E-state index is 5.60. The fraction of sp³-hybridized carbons (Fsp3) is 0.333. The van der Waals surface area contributed by atoms with Crippen molar-refractivity contribution in [3.8, 4) is 5.75 Å². The quantitative estimate of drug-likeness (QED) is 0.826. The minimum Gasteiger partial charge on any atom is -0.496 e. The fourth-order valence-corrected chi connectivity index (χ4v) is 2.02. The number of aryl methyl sites for hydroxylation is 1. The van der Waals surface area contributed by atoms with E-state index in [0.29, 0.717) is 6.54 Å². The molecule has 80 valence electrons. The first kappa shape index (κ1) is 10.1. The number of aromatic nitrogens is 1. The molecule has 3 heteroatoms.